The van der Waals surface area contributed by atoms with Gasteiger partial charge in [-0.1, -0.05) is 12.1 Å². The van der Waals surface area contributed by atoms with Gasteiger partial charge in [-0.2, -0.15) is 16.1 Å². The number of benzene rings is 1. The van der Waals surface area contributed by atoms with Crippen molar-refractivity contribution >= 4 is 27.5 Å². The summed E-state index contributed by atoms with van der Waals surface area (Å²) in [6.07, 6.45) is 1.95. The standard InChI is InChI=1S/C11H19N3O2S2/c1-9(8-17-3)14(2)18(15,16)11-7-5-4-6-10(11)13-12/h4-7,9,13H,8,12H2,1-3H3. The van der Waals surface area contributed by atoms with Crippen molar-refractivity contribution < 1.29 is 8.42 Å². The molecule has 0 amide bonds. The number of nitrogens with zero attached hydrogens (tertiary/aromatic N) is 1. The third-order valence-corrected chi connectivity index (χ3v) is 5.57. The van der Waals surface area contributed by atoms with E-state index in [1.54, 1.807) is 43.1 Å². The van der Waals surface area contributed by atoms with Crippen molar-refractivity contribution in [1.29, 1.82) is 0 Å². The van der Waals surface area contributed by atoms with Crippen LogP contribution in [0.5, 0.6) is 0 Å². The Balaban J connectivity index is 3.13. The van der Waals surface area contributed by atoms with Crippen LogP contribution >= 0.6 is 11.8 Å². The van der Waals surface area contributed by atoms with Gasteiger partial charge in [0.2, 0.25) is 10.0 Å². The smallest absolute Gasteiger partial charge is 0.245 e. The Hall–Kier alpha value is -0.760. The van der Waals surface area contributed by atoms with Crippen LogP contribution in [0.15, 0.2) is 29.2 Å². The van der Waals surface area contributed by atoms with Gasteiger partial charge in [-0.05, 0) is 25.3 Å². The van der Waals surface area contributed by atoms with Gasteiger partial charge in [-0.3, -0.25) is 5.84 Å². The molecular weight excluding hydrogens is 270 g/mol. The first kappa shape index (κ1) is 15.3. The molecule has 0 aromatic heterocycles. The average Bonchev–Trinajstić information content (AvgIpc) is 2.38. The lowest BCUT2D eigenvalue weighted by Crippen LogP contribution is -2.37. The first-order valence-corrected chi connectivity index (χ1v) is 8.31. The topological polar surface area (TPSA) is 75.4 Å². The normalized spacial score (nSPS) is 13.6. The first-order chi connectivity index (χ1) is 8.45. The molecule has 1 unspecified atom stereocenters. The third kappa shape index (κ3) is 3.17. The van der Waals surface area contributed by atoms with Gasteiger partial charge in [0.1, 0.15) is 4.90 Å². The van der Waals surface area contributed by atoms with Crippen molar-refractivity contribution in [2.45, 2.75) is 17.9 Å². The van der Waals surface area contributed by atoms with Crippen molar-refractivity contribution in [3.05, 3.63) is 24.3 Å². The fourth-order valence-electron chi connectivity index (χ4n) is 1.55. The van der Waals surface area contributed by atoms with E-state index in [1.165, 1.54) is 4.31 Å². The summed E-state index contributed by atoms with van der Waals surface area (Å²) in [5.41, 5.74) is 2.82. The highest BCUT2D eigenvalue weighted by molar-refractivity contribution is 7.98. The third-order valence-electron chi connectivity index (χ3n) is 2.73. The summed E-state index contributed by atoms with van der Waals surface area (Å²) in [4.78, 5) is 0.197. The van der Waals surface area contributed by atoms with Crippen LogP contribution in [0.3, 0.4) is 0 Å². The van der Waals surface area contributed by atoms with Crippen molar-refractivity contribution in [2.24, 2.45) is 5.84 Å². The molecule has 1 aromatic rings. The van der Waals surface area contributed by atoms with Gasteiger partial charge >= 0.3 is 0 Å². The van der Waals surface area contributed by atoms with E-state index in [9.17, 15) is 8.42 Å². The fraction of sp³-hybridized carbons (Fsp3) is 0.455. The Morgan fingerprint density at radius 1 is 1.44 bits per heavy atom. The zero-order valence-corrected chi connectivity index (χ0v) is 12.4. The Labute approximate surface area is 113 Å². The second-order valence-electron chi connectivity index (χ2n) is 3.97. The van der Waals surface area contributed by atoms with E-state index < -0.39 is 10.0 Å². The van der Waals surface area contributed by atoms with Crippen LogP contribution in [0.4, 0.5) is 5.69 Å². The van der Waals surface area contributed by atoms with Gasteiger partial charge in [0.15, 0.2) is 0 Å². The monoisotopic (exact) mass is 289 g/mol. The van der Waals surface area contributed by atoms with E-state index in [-0.39, 0.29) is 10.9 Å². The van der Waals surface area contributed by atoms with Gasteiger partial charge in [-0.25, -0.2) is 8.42 Å². The Morgan fingerprint density at radius 2 is 2.06 bits per heavy atom. The molecule has 0 bridgehead atoms. The lowest BCUT2D eigenvalue weighted by atomic mass is 10.3. The van der Waals surface area contributed by atoms with Crippen LogP contribution in [-0.4, -0.2) is 37.8 Å². The molecule has 0 aliphatic rings. The van der Waals surface area contributed by atoms with E-state index >= 15 is 0 Å². The van der Waals surface area contributed by atoms with E-state index in [0.717, 1.165) is 5.75 Å². The lowest BCUT2D eigenvalue weighted by Gasteiger charge is -2.24. The van der Waals surface area contributed by atoms with Crippen LogP contribution < -0.4 is 11.3 Å². The molecule has 3 N–H and O–H groups in total. The molecule has 0 fully saturated rings. The molecule has 1 atom stereocenters. The molecule has 0 heterocycles. The molecule has 5 nitrogen and oxygen atoms in total. The molecule has 0 aliphatic carbocycles. The zero-order chi connectivity index (χ0) is 13.8. The van der Waals surface area contributed by atoms with E-state index in [0.29, 0.717) is 5.69 Å². The highest BCUT2D eigenvalue weighted by Gasteiger charge is 2.27. The van der Waals surface area contributed by atoms with Crippen molar-refractivity contribution in [2.75, 3.05) is 24.5 Å². The number of thioether (sulfide) groups is 1. The van der Waals surface area contributed by atoms with Crippen molar-refractivity contribution in [3.8, 4) is 0 Å². The summed E-state index contributed by atoms with van der Waals surface area (Å²) in [5.74, 6) is 6.09. The van der Waals surface area contributed by atoms with Crippen molar-refractivity contribution in [3.63, 3.8) is 0 Å². The lowest BCUT2D eigenvalue weighted by molar-refractivity contribution is 0.415. The maximum atomic E-state index is 12.4. The van der Waals surface area contributed by atoms with Gasteiger partial charge in [0.05, 0.1) is 5.69 Å². The minimum atomic E-state index is -3.53. The maximum Gasteiger partial charge on any atom is 0.245 e. The molecule has 102 valence electrons. The molecule has 0 aliphatic heterocycles. The van der Waals surface area contributed by atoms with E-state index in [1.807, 2.05) is 13.2 Å². The zero-order valence-electron chi connectivity index (χ0n) is 10.8. The average molecular weight is 289 g/mol. The summed E-state index contributed by atoms with van der Waals surface area (Å²) >= 11 is 1.61. The van der Waals surface area contributed by atoms with Crippen LogP contribution in [0.25, 0.3) is 0 Å². The number of hydrogen-bond donors (Lipinski definition) is 2. The predicted octanol–water partition coefficient (Wildman–Crippen LogP) is 1.34. The van der Waals surface area contributed by atoms with Crippen LogP contribution in [0.1, 0.15) is 6.92 Å². The van der Waals surface area contributed by atoms with Crippen LogP contribution in [-0.2, 0) is 10.0 Å². The molecule has 0 radical (unpaired) electrons. The SMILES string of the molecule is CSCC(C)N(C)S(=O)(=O)c1ccccc1NN. The molecule has 1 rings (SSSR count). The summed E-state index contributed by atoms with van der Waals surface area (Å²) in [7, 11) is -1.94. The Kier molecular flexibility index (Phi) is 5.46. The molecule has 1 aromatic carbocycles. The number of rotatable bonds is 6. The molecule has 0 saturated heterocycles. The summed E-state index contributed by atoms with van der Waals surface area (Å²) in [6.45, 7) is 1.88. The number of nitrogen functional groups attached to an aromatic ring is 1. The fourth-order valence-corrected chi connectivity index (χ4v) is 3.86. The van der Waals surface area contributed by atoms with Gasteiger partial charge < -0.3 is 5.43 Å². The molecule has 7 heteroatoms. The second-order valence-corrected chi connectivity index (χ2v) is 6.84. The maximum absolute atomic E-state index is 12.4. The first-order valence-electron chi connectivity index (χ1n) is 5.47. The Bertz CT molecular complexity index is 491. The predicted molar refractivity (Wildman–Crippen MR) is 77.0 cm³/mol. The van der Waals surface area contributed by atoms with Gasteiger partial charge in [0, 0.05) is 18.8 Å². The van der Waals surface area contributed by atoms with Crippen LogP contribution in [0.2, 0.25) is 0 Å². The Morgan fingerprint density at radius 3 is 2.61 bits per heavy atom. The number of nitrogens with two attached hydrogens (primary N) is 1. The minimum absolute atomic E-state index is 0.0733. The number of anilines is 1. The molecule has 0 spiro atoms. The highest BCUT2D eigenvalue weighted by Crippen LogP contribution is 2.24. The number of para-hydroxylation sites is 1. The minimum Gasteiger partial charge on any atom is -0.323 e. The highest BCUT2D eigenvalue weighted by atomic mass is 32.2. The largest absolute Gasteiger partial charge is 0.323 e. The van der Waals surface area contributed by atoms with E-state index in [4.69, 9.17) is 5.84 Å². The van der Waals surface area contributed by atoms with E-state index in [2.05, 4.69) is 5.43 Å². The number of hydrogen-bond acceptors (Lipinski definition) is 5. The quantitative estimate of drug-likeness (QED) is 0.610. The number of sulfonamides is 1. The van der Waals surface area contributed by atoms with Crippen LogP contribution in [0, 0.1) is 0 Å². The van der Waals surface area contributed by atoms with Gasteiger partial charge in [-0.15, -0.1) is 0 Å². The molecule has 18 heavy (non-hydrogen) atoms. The number of hydrazine groups is 1. The molecule has 0 saturated carbocycles. The summed E-state index contributed by atoms with van der Waals surface area (Å²) < 4.78 is 26.3. The number of nitrogens with one attached hydrogen (secondary N) is 1. The molecular formula is C11H19N3O2S2. The second kappa shape index (κ2) is 6.42. The summed E-state index contributed by atoms with van der Waals surface area (Å²) in [6, 6.07) is 6.53. The van der Waals surface area contributed by atoms with Crippen molar-refractivity contribution in [1.82, 2.24) is 4.31 Å². The summed E-state index contributed by atoms with van der Waals surface area (Å²) in [5, 5.41) is 0. The van der Waals surface area contributed by atoms with Gasteiger partial charge in [0.25, 0.3) is 0 Å².